The number of hydrogen-bond donors (Lipinski definition) is 1. The number of rotatable bonds is 2. The van der Waals surface area contributed by atoms with Gasteiger partial charge in [0.25, 0.3) is 0 Å². The summed E-state index contributed by atoms with van der Waals surface area (Å²) >= 11 is 17.2. The number of nitrogens with zero attached hydrogens (tertiary/aromatic N) is 1. The minimum absolute atomic E-state index is 0.0611. The molecule has 0 radical (unpaired) electrons. The van der Waals surface area contributed by atoms with Crippen molar-refractivity contribution in [2.24, 2.45) is 0 Å². The van der Waals surface area contributed by atoms with Gasteiger partial charge < -0.3 is 5.32 Å². The summed E-state index contributed by atoms with van der Waals surface area (Å²) in [5.74, 6) is -0.0611. The zero-order valence-electron chi connectivity index (χ0n) is 9.60. The predicted molar refractivity (Wildman–Crippen MR) is 74.0 cm³/mol. The van der Waals surface area contributed by atoms with Gasteiger partial charge in [0.2, 0.25) is 0 Å². The van der Waals surface area contributed by atoms with Gasteiger partial charge in [0, 0.05) is 5.02 Å². The fourth-order valence-corrected chi connectivity index (χ4v) is 2.12. The SMILES string of the molecule is FC(F)(F)c1cc(Cl)nc(Nc2ccc(Cl)cc2Cl)c1. The second-order valence-corrected chi connectivity index (χ2v) is 5.04. The lowest BCUT2D eigenvalue weighted by molar-refractivity contribution is -0.137. The van der Waals surface area contributed by atoms with Crippen LogP contribution >= 0.6 is 34.8 Å². The molecule has 1 aromatic carbocycles. The smallest absolute Gasteiger partial charge is 0.339 e. The van der Waals surface area contributed by atoms with Gasteiger partial charge in [-0.05, 0) is 30.3 Å². The van der Waals surface area contributed by atoms with E-state index in [-0.39, 0.29) is 16.0 Å². The van der Waals surface area contributed by atoms with Gasteiger partial charge >= 0.3 is 6.18 Å². The molecule has 0 saturated heterocycles. The molecule has 0 unspecified atom stereocenters. The zero-order valence-corrected chi connectivity index (χ0v) is 11.9. The Bertz CT molecular complexity index is 644. The summed E-state index contributed by atoms with van der Waals surface area (Å²) in [6.45, 7) is 0. The van der Waals surface area contributed by atoms with E-state index in [2.05, 4.69) is 10.3 Å². The normalized spacial score (nSPS) is 11.5. The van der Waals surface area contributed by atoms with Crippen molar-refractivity contribution in [1.82, 2.24) is 4.98 Å². The Morgan fingerprint density at radius 2 is 1.70 bits per heavy atom. The Hall–Kier alpha value is -1.17. The van der Waals surface area contributed by atoms with Crippen LogP contribution in [-0.2, 0) is 6.18 Å². The molecule has 8 heteroatoms. The lowest BCUT2D eigenvalue weighted by Gasteiger charge is -2.11. The van der Waals surface area contributed by atoms with Crippen LogP contribution in [0.5, 0.6) is 0 Å². The van der Waals surface area contributed by atoms with Crippen molar-refractivity contribution in [3.63, 3.8) is 0 Å². The van der Waals surface area contributed by atoms with Crippen molar-refractivity contribution in [2.75, 3.05) is 5.32 Å². The molecule has 0 saturated carbocycles. The minimum atomic E-state index is -4.51. The summed E-state index contributed by atoms with van der Waals surface area (Å²) in [6, 6.07) is 6.12. The molecule has 106 valence electrons. The second kappa shape index (κ2) is 5.68. The third kappa shape index (κ3) is 3.69. The molecular formula is C12H6Cl3F3N2. The highest BCUT2D eigenvalue weighted by Crippen LogP contribution is 2.34. The van der Waals surface area contributed by atoms with Crippen molar-refractivity contribution < 1.29 is 13.2 Å². The maximum Gasteiger partial charge on any atom is 0.416 e. The third-order valence-electron chi connectivity index (χ3n) is 2.32. The first-order chi connectivity index (χ1) is 9.25. The standard InChI is InChI=1S/C12H6Cl3F3N2/c13-7-1-2-9(8(14)5-7)19-11-4-6(12(16,17)18)3-10(15)20-11/h1-5H,(H,19,20). The van der Waals surface area contributed by atoms with E-state index in [9.17, 15) is 13.2 Å². The highest BCUT2D eigenvalue weighted by atomic mass is 35.5. The number of benzene rings is 1. The van der Waals surface area contributed by atoms with Crippen LogP contribution in [-0.4, -0.2) is 4.98 Å². The molecule has 20 heavy (non-hydrogen) atoms. The number of halogens is 6. The zero-order chi connectivity index (χ0) is 14.9. The van der Waals surface area contributed by atoms with E-state index in [0.717, 1.165) is 12.1 Å². The van der Waals surface area contributed by atoms with Gasteiger partial charge in [-0.25, -0.2) is 4.98 Å². The largest absolute Gasteiger partial charge is 0.416 e. The van der Waals surface area contributed by atoms with E-state index in [1.165, 1.54) is 12.1 Å². The summed E-state index contributed by atoms with van der Waals surface area (Å²) < 4.78 is 38.0. The summed E-state index contributed by atoms with van der Waals surface area (Å²) in [5.41, 5.74) is -0.524. The fraction of sp³-hybridized carbons (Fsp3) is 0.0833. The molecule has 0 aliphatic carbocycles. The maximum atomic E-state index is 12.7. The number of alkyl halides is 3. The Labute approximate surface area is 127 Å². The molecule has 0 aliphatic rings. The van der Waals surface area contributed by atoms with E-state index < -0.39 is 11.7 Å². The predicted octanol–water partition coefficient (Wildman–Crippen LogP) is 5.80. The molecule has 2 aromatic rings. The number of pyridine rings is 1. The molecule has 0 bridgehead atoms. The van der Waals surface area contributed by atoms with Crippen molar-refractivity contribution in [1.29, 1.82) is 0 Å². The van der Waals surface area contributed by atoms with Crippen LogP contribution in [0.3, 0.4) is 0 Å². The topological polar surface area (TPSA) is 24.9 Å². The molecule has 0 aliphatic heterocycles. The van der Waals surface area contributed by atoms with Crippen LogP contribution < -0.4 is 5.32 Å². The fourth-order valence-electron chi connectivity index (χ4n) is 1.45. The Kier molecular flexibility index (Phi) is 4.32. The number of anilines is 2. The first-order valence-corrected chi connectivity index (χ1v) is 6.36. The first-order valence-electron chi connectivity index (χ1n) is 5.22. The van der Waals surface area contributed by atoms with E-state index in [0.29, 0.717) is 10.7 Å². The molecule has 0 spiro atoms. The van der Waals surface area contributed by atoms with E-state index in [4.69, 9.17) is 34.8 Å². The van der Waals surface area contributed by atoms with Crippen molar-refractivity contribution in [3.05, 3.63) is 51.1 Å². The average molecular weight is 342 g/mol. The first kappa shape index (κ1) is 15.2. The Morgan fingerprint density at radius 1 is 1.00 bits per heavy atom. The van der Waals surface area contributed by atoms with Gasteiger partial charge in [-0.2, -0.15) is 13.2 Å². The van der Waals surface area contributed by atoms with Gasteiger partial charge in [0.15, 0.2) is 0 Å². The van der Waals surface area contributed by atoms with Crippen LogP contribution in [0.4, 0.5) is 24.7 Å². The lowest BCUT2D eigenvalue weighted by Crippen LogP contribution is -2.06. The van der Waals surface area contributed by atoms with Crippen LogP contribution in [0.1, 0.15) is 5.56 Å². The van der Waals surface area contributed by atoms with Crippen LogP contribution in [0.25, 0.3) is 0 Å². The van der Waals surface area contributed by atoms with Gasteiger partial charge in [0.1, 0.15) is 11.0 Å². The minimum Gasteiger partial charge on any atom is -0.339 e. The van der Waals surface area contributed by atoms with Crippen molar-refractivity contribution in [3.8, 4) is 0 Å². The molecule has 1 aromatic heterocycles. The summed E-state index contributed by atoms with van der Waals surface area (Å²) in [5, 5.41) is 3.07. The number of hydrogen-bond acceptors (Lipinski definition) is 2. The monoisotopic (exact) mass is 340 g/mol. The maximum absolute atomic E-state index is 12.7. The number of nitrogens with one attached hydrogen (secondary N) is 1. The molecular weight excluding hydrogens is 335 g/mol. The van der Waals surface area contributed by atoms with Crippen LogP contribution in [0.2, 0.25) is 15.2 Å². The Balaban J connectivity index is 2.36. The summed E-state index contributed by atoms with van der Waals surface area (Å²) in [6.07, 6.45) is -4.51. The molecule has 2 rings (SSSR count). The van der Waals surface area contributed by atoms with E-state index in [1.54, 1.807) is 6.07 Å². The molecule has 0 fully saturated rings. The highest BCUT2D eigenvalue weighted by molar-refractivity contribution is 6.36. The lowest BCUT2D eigenvalue weighted by atomic mass is 10.2. The summed E-state index contributed by atoms with van der Waals surface area (Å²) in [4.78, 5) is 3.77. The third-order valence-corrected chi connectivity index (χ3v) is 3.06. The van der Waals surface area contributed by atoms with Crippen molar-refractivity contribution >= 4 is 46.3 Å². The average Bonchev–Trinajstić information content (AvgIpc) is 2.31. The van der Waals surface area contributed by atoms with Crippen molar-refractivity contribution in [2.45, 2.75) is 6.18 Å². The van der Waals surface area contributed by atoms with E-state index >= 15 is 0 Å². The van der Waals surface area contributed by atoms with Crippen LogP contribution in [0.15, 0.2) is 30.3 Å². The molecule has 0 atom stereocenters. The highest BCUT2D eigenvalue weighted by Gasteiger charge is 2.31. The Morgan fingerprint density at radius 3 is 2.30 bits per heavy atom. The quantitative estimate of drug-likeness (QED) is 0.698. The van der Waals surface area contributed by atoms with Gasteiger partial charge in [-0.3, -0.25) is 0 Å². The second-order valence-electron chi connectivity index (χ2n) is 3.81. The number of aromatic nitrogens is 1. The molecule has 1 N–H and O–H groups in total. The summed E-state index contributed by atoms with van der Waals surface area (Å²) in [7, 11) is 0. The molecule has 2 nitrogen and oxygen atoms in total. The molecule has 0 amide bonds. The van der Waals surface area contributed by atoms with Gasteiger partial charge in [-0.1, -0.05) is 34.8 Å². The van der Waals surface area contributed by atoms with Gasteiger partial charge in [-0.15, -0.1) is 0 Å². The van der Waals surface area contributed by atoms with E-state index in [1.807, 2.05) is 0 Å². The molecule has 1 heterocycles. The van der Waals surface area contributed by atoms with Crippen LogP contribution in [0, 0.1) is 0 Å². The van der Waals surface area contributed by atoms with Gasteiger partial charge in [0.05, 0.1) is 16.3 Å².